The Bertz CT molecular complexity index is 1210. The normalized spacial score (nSPS) is 11.7. The van der Waals surface area contributed by atoms with Crippen LogP contribution < -0.4 is 0 Å². The Morgan fingerprint density at radius 2 is 1.47 bits per heavy atom. The molecule has 0 aliphatic rings. The van der Waals surface area contributed by atoms with Crippen molar-refractivity contribution in [2.75, 3.05) is 6.54 Å². The Morgan fingerprint density at radius 3 is 2.07 bits per heavy atom. The number of oxazole rings is 1. The molecule has 0 atom stereocenters. The third-order valence-electron chi connectivity index (χ3n) is 4.70. The van der Waals surface area contributed by atoms with Crippen LogP contribution >= 0.6 is 0 Å². The minimum absolute atomic E-state index is 0.0801. The Hall–Kier alpha value is -3.29. The largest absolute Gasteiger partial charge is 0.435 e. The molecule has 4 rings (SSSR count). The highest BCUT2D eigenvalue weighted by Gasteiger charge is 2.32. The summed E-state index contributed by atoms with van der Waals surface area (Å²) in [7, 11) is -3.91. The lowest BCUT2D eigenvalue weighted by Gasteiger charge is -2.19. The second-order valence-electron chi connectivity index (χ2n) is 6.67. The molecule has 0 spiro atoms. The van der Waals surface area contributed by atoms with E-state index in [2.05, 4.69) is 9.97 Å². The summed E-state index contributed by atoms with van der Waals surface area (Å²) in [6.45, 7) is 2.33. The average Bonchev–Trinajstić information content (AvgIpc) is 3.26. The third kappa shape index (κ3) is 4.03. The summed E-state index contributed by atoms with van der Waals surface area (Å²) in [6.07, 6.45) is 3.30. The SMILES string of the molecule is CCN(Cc1ccncc1)S(=O)(=O)c1nc(-c2ccccc2)oc1-c1ccccc1. The standard InChI is InChI=1S/C23H21N3O3S/c1-2-26(17-18-13-15-24-16-14-18)30(27,28)23-21(19-9-5-3-6-10-19)29-22(25-23)20-11-7-4-8-12-20/h3-16H,2,17H2,1H3. The second-order valence-corrected chi connectivity index (χ2v) is 8.53. The van der Waals surface area contributed by atoms with E-state index in [1.807, 2.05) is 60.7 Å². The Morgan fingerprint density at radius 1 is 0.867 bits per heavy atom. The van der Waals surface area contributed by atoms with E-state index in [0.717, 1.165) is 5.56 Å². The van der Waals surface area contributed by atoms with Crippen molar-refractivity contribution in [1.29, 1.82) is 0 Å². The summed E-state index contributed by atoms with van der Waals surface area (Å²) >= 11 is 0. The fourth-order valence-electron chi connectivity index (χ4n) is 3.14. The van der Waals surface area contributed by atoms with Gasteiger partial charge in [0.2, 0.25) is 10.9 Å². The molecule has 7 heteroatoms. The van der Waals surface area contributed by atoms with Crippen molar-refractivity contribution in [1.82, 2.24) is 14.3 Å². The van der Waals surface area contributed by atoms with Gasteiger partial charge < -0.3 is 4.42 Å². The van der Waals surface area contributed by atoms with Crippen molar-refractivity contribution >= 4 is 10.0 Å². The van der Waals surface area contributed by atoms with Gasteiger partial charge in [-0.3, -0.25) is 4.98 Å². The van der Waals surface area contributed by atoms with Crippen LogP contribution in [-0.4, -0.2) is 29.2 Å². The first-order valence-corrected chi connectivity index (χ1v) is 11.0. The first-order valence-electron chi connectivity index (χ1n) is 9.60. The Labute approximate surface area is 175 Å². The number of sulfonamides is 1. The van der Waals surface area contributed by atoms with Crippen LogP contribution in [0.5, 0.6) is 0 Å². The van der Waals surface area contributed by atoms with Crippen molar-refractivity contribution in [2.24, 2.45) is 0 Å². The van der Waals surface area contributed by atoms with Gasteiger partial charge in [0.05, 0.1) is 0 Å². The molecule has 0 fully saturated rings. The van der Waals surface area contributed by atoms with Crippen LogP contribution in [0.25, 0.3) is 22.8 Å². The van der Waals surface area contributed by atoms with Crippen LogP contribution in [-0.2, 0) is 16.6 Å². The van der Waals surface area contributed by atoms with Crippen LogP contribution in [0, 0.1) is 0 Å². The molecule has 30 heavy (non-hydrogen) atoms. The molecule has 4 aromatic rings. The van der Waals surface area contributed by atoms with E-state index in [1.54, 1.807) is 31.5 Å². The molecule has 2 heterocycles. The fraction of sp³-hybridized carbons (Fsp3) is 0.130. The zero-order valence-corrected chi connectivity index (χ0v) is 17.3. The van der Waals surface area contributed by atoms with E-state index < -0.39 is 10.0 Å². The number of aromatic nitrogens is 2. The highest BCUT2D eigenvalue weighted by molar-refractivity contribution is 7.89. The van der Waals surface area contributed by atoms with Gasteiger partial charge in [-0.1, -0.05) is 55.5 Å². The number of hydrogen-bond acceptors (Lipinski definition) is 5. The maximum Gasteiger partial charge on any atom is 0.264 e. The molecular weight excluding hydrogens is 398 g/mol. The molecule has 0 amide bonds. The van der Waals surface area contributed by atoms with Crippen LogP contribution in [0.15, 0.2) is 94.6 Å². The highest BCUT2D eigenvalue weighted by atomic mass is 32.2. The molecule has 2 aromatic carbocycles. The monoisotopic (exact) mass is 419 g/mol. The lowest BCUT2D eigenvalue weighted by Crippen LogP contribution is -2.31. The van der Waals surface area contributed by atoms with Crippen LogP contribution in [0.3, 0.4) is 0 Å². The van der Waals surface area contributed by atoms with Gasteiger partial charge in [0.25, 0.3) is 10.0 Å². The molecule has 0 unspecified atom stereocenters. The summed E-state index contributed by atoms with van der Waals surface area (Å²) in [4.78, 5) is 8.42. The number of nitrogens with zero attached hydrogens (tertiary/aromatic N) is 3. The first kappa shape index (κ1) is 20.0. The van der Waals surface area contributed by atoms with Crippen LogP contribution in [0.2, 0.25) is 0 Å². The van der Waals surface area contributed by atoms with Gasteiger partial charge in [0.15, 0.2) is 5.76 Å². The zero-order valence-electron chi connectivity index (χ0n) is 16.5. The van der Waals surface area contributed by atoms with Gasteiger partial charge >= 0.3 is 0 Å². The minimum atomic E-state index is -3.91. The maximum absolute atomic E-state index is 13.6. The molecule has 0 N–H and O–H groups in total. The molecule has 2 aromatic heterocycles. The van der Waals surface area contributed by atoms with Gasteiger partial charge in [-0.2, -0.15) is 9.29 Å². The van der Waals surface area contributed by atoms with E-state index in [4.69, 9.17) is 4.42 Å². The van der Waals surface area contributed by atoms with Gasteiger partial charge in [-0.05, 0) is 29.8 Å². The van der Waals surface area contributed by atoms with Crippen molar-refractivity contribution in [3.63, 3.8) is 0 Å². The zero-order chi connectivity index (χ0) is 21.0. The predicted molar refractivity (Wildman–Crippen MR) is 115 cm³/mol. The smallest absolute Gasteiger partial charge is 0.264 e. The fourth-order valence-corrected chi connectivity index (χ4v) is 4.63. The third-order valence-corrected chi connectivity index (χ3v) is 6.53. The van der Waals surface area contributed by atoms with Crippen LogP contribution in [0.4, 0.5) is 0 Å². The summed E-state index contributed by atoms with van der Waals surface area (Å²) in [6, 6.07) is 22.1. The Balaban J connectivity index is 1.82. The minimum Gasteiger partial charge on any atom is -0.435 e. The van der Waals surface area contributed by atoms with Gasteiger partial charge in [0.1, 0.15) is 0 Å². The molecule has 0 aliphatic heterocycles. The quantitative estimate of drug-likeness (QED) is 0.437. The predicted octanol–water partition coefficient (Wildman–Crippen LogP) is 4.61. The second kappa shape index (κ2) is 8.61. The number of pyridine rings is 1. The first-order chi connectivity index (χ1) is 14.6. The van der Waals surface area contributed by atoms with Crippen molar-refractivity contribution in [2.45, 2.75) is 18.5 Å². The van der Waals surface area contributed by atoms with E-state index >= 15 is 0 Å². The lowest BCUT2D eigenvalue weighted by molar-refractivity contribution is 0.421. The van der Waals surface area contributed by atoms with E-state index in [0.29, 0.717) is 17.7 Å². The number of hydrogen-bond donors (Lipinski definition) is 0. The summed E-state index contributed by atoms with van der Waals surface area (Å²) in [5, 5.41) is -0.0801. The molecule has 0 aliphatic carbocycles. The van der Waals surface area contributed by atoms with Crippen molar-refractivity contribution in [3.05, 3.63) is 90.8 Å². The number of rotatable bonds is 7. The molecule has 152 valence electrons. The summed E-state index contributed by atoms with van der Waals surface area (Å²) in [5.74, 6) is 0.510. The molecule has 0 saturated heterocycles. The van der Waals surface area contributed by atoms with E-state index in [1.165, 1.54) is 4.31 Å². The van der Waals surface area contributed by atoms with Gasteiger partial charge in [0, 0.05) is 36.6 Å². The van der Waals surface area contributed by atoms with Crippen molar-refractivity contribution in [3.8, 4) is 22.8 Å². The van der Waals surface area contributed by atoms with E-state index in [9.17, 15) is 8.42 Å². The highest BCUT2D eigenvalue weighted by Crippen LogP contribution is 2.34. The topological polar surface area (TPSA) is 76.3 Å². The molecule has 0 saturated carbocycles. The lowest BCUT2D eigenvalue weighted by atomic mass is 10.2. The average molecular weight is 420 g/mol. The molecule has 0 radical (unpaired) electrons. The number of benzene rings is 2. The van der Waals surface area contributed by atoms with Crippen LogP contribution in [0.1, 0.15) is 12.5 Å². The Kier molecular flexibility index (Phi) is 5.74. The maximum atomic E-state index is 13.6. The summed E-state index contributed by atoms with van der Waals surface area (Å²) in [5.41, 5.74) is 2.22. The van der Waals surface area contributed by atoms with Gasteiger partial charge in [-0.15, -0.1) is 0 Å². The molecular formula is C23H21N3O3S. The van der Waals surface area contributed by atoms with Crippen molar-refractivity contribution < 1.29 is 12.8 Å². The molecule has 6 nitrogen and oxygen atoms in total. The van der Waals surface area contributed by atoms with E-state index in [-0.39, 0.29) is 23.2 Å². The summed E-state index contributed by atoms with van der Waals surface area (Å²) < 4.78 is 34.6. The molecule has 0 bridgehead atoms. The van der Waals surface area contributed by atoms with Gasteiger partial charge in [-0.25, -0.2) is 8.42 Å².